The lowest BCUT2D eigenvalue weighted by Crippen LogP contribution is -3.16. The van der Waals surface area contributed by atoms with E-state index in [0.29, 0.717) is 18.2 Å². The van der Waals surface area contributed by atoms with Crippen LogP contribution in [0.2, 0.25) is 0 Å². The fraction of sp³-hybridized carbons (Fsp3) is 0.333. The molecule has 0 unspecified atom stereocenters. The normalized spacial score (nSPS) is 18.8. The number of hydrogen-bond donors (Lipinski definition) is 1. The van der Waals surface area contributed by atoms with Crippen molar-refractivity contribution in [2.24, 2.45) is 0 Å². The number of anilines is 1. The van der Waals surface area contributed by atoms with E-state index in [1.807, 2.05) is 31.2 Å². The summed E-state index contributed by atoms with van der Waals surface area (Å²) < 4.78 is 5.45. The zero-order valence-electron chi connectivity index (χ0n) is 18.0. The summed E-state index contributed by atoms with van der Waals surface area (Å²) in [5.74, 6) is 0.596. The van der Waals surface area contributed by atoms with Gasteiger partial charge in [0.05, 0.1) is 37.7 Å². The Labute approximate surface area is 187 Å². The standard InChI is InChI=1S/C24H27N3O3S/c1-3-30-21-9-7-19(8-10-21)16-22-23(28)27(24(29)31-22)17-25-11-13-26(14-12-25)20-6-4-5-18(2)15-20/h4-10,15-16H,3,11-14,17H2,1-2H3/p+1/b22-16+. The second-order valence-electron chi connectivity index (χ2n) is 7.85. The highest BCUT2D eigenvalue weighted by Gasteiger charge is 2.38. The Morgan fingerprint density at radius 2 is 1.84 bits per heavy atom. The molecule has 4 rings (SSSR count). The fourth-order valence-corrected chi connectivity index (χ4v) is 4.74. The maximum Gasteiger partial charge on any atom is 0.298 e. The second-order valence-corrected chi connectivity index (χ2v) is 8.84. The Kier molecular flexibility index (Phi) is 6.63. The topological polar surface area (TPSA) is 54.3 Å². The van der Waals surface area contributed by atoms with Crippen molar-refractivity contribution in [3.05, 3.63) is 64.6 Å². The fourth-order valence-electron chi connectivity index (χ4n) is 3.90. The Morgan fingerprint density at radius 1 is 1.10 bits per heavy atom. The number of nitrogens with zero attached hydrogens (tertiary/aromatic N) is 2. The molecule has 2 amide bonds. The van der Waals surface area contributed by atoms with Crippen LogP contribution in [0, 0.1) is 6.92 Å². The minimum atomic E-state index is -0.197. The predicted molar refractivity (Wildman–Crippen MR) is 124 cm³/mol. The molecule has 0 radical (unpaired) electrons. The molecule has 0 aliphatic carbocycles. The Balaban J connectivity index is 1.35. The van der Waals surface area contributed by atoms with Crippen LogP contribution in [0.25, 0.3) is 6.08 Å². The molecule has 2 aliphatic rings. The van der Waals surface area contributed by atoms with Crippen LogP contribution in [0.15, 0.2) is 53.4 Å². The third kappa shape index (κ3) is 5.11. The van der Waals surface area contributed by atoms with E-state index in [1.165, 1.54) is 21.1 Å². The average molecular weight is 439 g/mol. The summed E-state index contributed by atoms with van der Waals surface area (Å²) in [5.41, 5.74) is 3.38. The summed E-state index contributed by atoms with van der Waals surface area (Å²) in [6.07, 6.45) is 1.78. The SMILES string of the molecule is CCOc1ccc(/C=C2/SC(=O)N(C[NH+]3CCN(c4cccc(C)c4)CC3)C2=O)cc1. The second kappa shape index (κ2) is 9.58. The van der Waals surface area contributed by atoms with Crippen LogP contribution in [0.1, 0.15) is 18.1 Å². The largest absolute Gasteiger partial charge is 0.494 e. The van der Waals surface area contributed by atoms with Gasteiger partial charge in [-0.05, 0) is 67.1 Å². The van der Waals surface area contributed by atoms with Gasteiger partial charge in [-0.25, -0.2) is 4.90 Å². The molecule has 2 heterocycles. The number of carbonyl (C=O) groups excluding carboxylic acids is 2. The van der Waals surface area contributed by atoms with Crippen LogP contribution in [0.3, 0.4) is 0 Å². The minimum absolute atomic E-state index is 0.184. The van der Waals surface area contributed by atoms with Crippen molar-refractivity contribution in [2.45, 2.75) is 13.8 Å². The van der Waals surface area contributed by atoms with Gasteiger partial charge < -0.3 is 14.5 Å². The number of hydrogen-bond acceptors (Lipinski definition) is 5. The van der Waals surface area contributed by atoms with Gasteiger partial charge in [-0.2, -0.15) is 0 Å². The molecule has 0 spiro atoms. The number of aryl methyl sites for hydroxylation is 1. The van der Waals surface area contributed by atoms with Gasteiger partial charge >= 0.3 is 0 Å². The lowest BCUT2D eigenvalue weighted by molar-refractivity contribution is -0.907. The number of piperazine rings is 1. The van der Waals surface area contributed by atoms with Crippen molar-refractivity contribution < 1.29 is 19.2 Å². The first-order chi connectivity index (χ1) is 15.0. The number of imide groups is 1. The maximum absolute atomic E-state index is 12.9. The van der Waals surface area contributed by atoms with Crippen LogP contribution < -0.4 is 14.5 Å². The Bertz CT molecular complexity index is 982. The summed E-state index contributed by atoms with van der Waals surface area (Å²) in [4.78, 5) is 30.9. The molecule has 6 nitrogen and oxygen atoms in total. The number of quaternary nitrogens is 1. The molecule has 2 fully saturated rings. The van der Waals surface area contributed by atoms with Gasteiger partial charge in [0.15, 0.2) is 6.67 Å². The number of amides is 2. The molecular weight excluding hydrogens is 410 g/mol. The van der Waals surface area contributed by atoms with Crippen LogP contribution in [-0.4, -0.2) is 55.5 Å². The van der Waals surface area contributed by atoms with Gasteiger partial charge in [0, 0.05) is 5.69 Å². The molecule has 2 aromatic rings. The first kappa shape index (κ1) is 21.5. The van der Waals surface area contributed by atoms with E-state index in [1.54, 1.807) is 6.08 Å². The summed E-state index contributed by atoms with van der Waals surface area (Å²) in [6, 6.07) is 16.1. The third-order valence-corrected chi connectivity index (χ3v) is 6.49. The molecule has 2 aliphatic heterocycles. The number of carbonyl (C=O) groups is 2. The molecule has 0 saturated carbocycles. The van der Waals surface area contributed by atoms with Crippen LogP contribution in [0.5, 0.6) is 5.75 Å². The number of benzene rings is 2. The molecule has 2 saturated heterocycles. The number of nitrogens with one attached hydrogen (secondary N) is 1. The minimum Gasteiger partial charge on any atom is -0.494 e. The Morgan fingerprint density at radius 3 is 2.52 bits per heavy atom. The van der Waals surface area contributed by atoms with E-state index in [9.17, 15) is 9.59 Å². The van der Waals surface area contributed by atoms with E-state index in [-0.39, 0.29) is 11.1 Å². The molecule has 31 heavy (non-hydrogen) atoms. The highest BCUT2D eigenvalue weighted by atomic mass is 32.2. The number of ether oxygens (including phenoxy) is 1. The lowest BCUT2D eigenvalue weighted by Gasteiger charge is -2.34. The zero-order valence-corrected chi connectivity index (χ0v) is 18.8. The van der Waals surface area contributed by atoms with Crippen molar-refractivity contribution >= 4 is 34.7 Å². The van der Waals surface area contributed by atoms with Gasteiger partial charge in [0.1, 0.15) is 5.75 Å². The van der Waals surface area contributed by atoms with Gasteiger partial charge in [-0.3, -0.25) is 9.59 Å². The molecule has 2 aromatic carbocycles. The van der Waals surface area contributed by atoms with Crippen LogP contribution >= 0.6 is 11.8 Å². The molecule has 0 aromatic heterocycles. The van der Waals surface area contributed by atoms with E-state index in [2.05, 4.69) is 36.1 Å². The molecule has 1 N–H and O–H groups in total. The van der Waals surface area contributed by atoms with Crippen molar-refractivity contribution in [1.82, 2.24) is 4.90 Å². The quantitative estimate of drug-likeness (QED) is 0.703. The van der Waals surface area contributed by atoms with Crippen molar-refractivity contribution in [2.75, 3.05) is 44.4 Å². The van der Waals surface area contributed by atoms with Crippen molar-refractivity contribution in [3.63, 3.8) is 0 Å². The van der Waals surface area contributed by atoms with Gasteiger partial charge in [0.2, 0.25) is 0 Å². The van der Waals surface area contributed by atoms with E-state index in [0.717, 1.165) is 49.3 Å². The van der Waals surface area contributed by atoms with Crippen molar-refractivity contribution in [3.8, 4) is 5.75 Å². The average Bonchev–Trinajstić information content (AvgIpc) is 3.03. The molecule has 162 valence electrons. The smallest absolute Gasteiger partial charge is 0.298 e. The van der Waals surface area contributed by atoms with Crippen molar-refractivity contribution in [1.29, 1.82) is 0 Å². The van der Waals surface area contributed by atoms with E-state index < -0.39 is 0 Å². The highest BCUT2D eigenvalue weighted by Crippen LogP contribution is 2.31. The first-order valence-corrected chi connectivity index (χ1v) is 11.5. The van der Waals surface area contributed by atoms with E-state index in [4.69, 9.17) is 4.74 Å². The molecule has 0 bridgehead atoms. The number of thioether (sulfide) groups is 1. The lowest BCUT2D eigenvalue weighted by atomic mass is 10.2. The third-order valence-electron chi connectivity index (χ3n) is 5.58. The summed E-state index contributed by atoms with van der Waals surface area (Å²) in [7, 11) is 0. The maximum atomic E-state index is 12.9. The van der Waals surface area contributed by atoms with E-state index >= 15 is 0 Å². The summed E-state index contributed by atoms with van der Waals surface area (Å²) >= 11 is 1.02. The molecule has 7 heteroatoms. The number of rotatable bonds is 6. The monoisotopic (exact) mass is 438 g/mol. The predicted octanol–water partition coefficient (Wildman–Crippen LogP) is 2.79. The van der Waals surface area contributed by atoms with Crippen LogP contribution in [0.4, 0.5) is 10.5 Å². The van der Waals surface area contributed by atoms with Gasteiger partial charge in [-0.15, -0.1) is 0 Å². The zero-order chi connectivity index (χ0) is 21.8. The summed E-state index contributed by atoms with van der Waals surface area (Å²) in [6.45, 7) is 8.70. The van der Waals surface area contributed by atoms with Gasteiger partial charge in [-0.1, -0.05) is 24.3 Å². The summed E-state index contributed by atoms with van der Waals surface area (Å²) in [5, 5.41) is -0.184. The molecular formula is C24H28N3O3S+. The van der Waals surface area contributed by atoms with Gasteiger partial charge in [0.25, 0.3) is 11.1 Å². The Hall–Kier alpha value is -2.77. The first-order valence-electron chi connectivity index (χ1n) is 10.7. The molecule has 0 atom stereocenters. The highest BCUT2D eigenvalue weighted by molar-refractivity contribution is 8.18. The van der Waals surface area contributed by atoms with Crippen LogP contribution in [-0.2, 0) is 4.79 Å².